The Morgan fingerprint density at radius 3 is 2.10 bits per heavy atom. The zero-order valence-corrected chi connectivity index (χ0v) is 26.9. The first-order valence-electron chi connectivity index (χ1n) is 13.7. The van der Waals surface area contributed by atoms with Gasteiger partial charge in [0.15, 0.2) is 0 Å². The Kier molecular flexibility index (Phi) is 12.1. The monoisotopic (exact) mass is 631 g/mol. The van der Waals surface area contributed by atoms with Crippen molar-refractivity contribution in [3.8, 4) is 5.75 Å². The Labute approximate surface area is 258 Å². The van der Waals surface area contributed by atoms with Crippen molar-refractivity contribution < 1.29 is 22.7 Å². The predicted molar refractivity (Wildman–Crippen MR) is 170 cm³/mol. The second kappa shape index (κ2) is 15.3. The van der Waals surface area contributed by atoms with E-state index in [1.807, 2.05) is 34.0 Å². The number of anilines is 1. The zero-order valence-electron chi connectivity index (χ0n) is 24.5. The van der Waals surface area contributed by atoms with Crippen LogP contribution < -0.4 is 14.4 Å². The van der Waals surface area contributed by atoms with E-state index in [2.05, 4.69) is 5.32 Å². The van der Waals surface area contributed by atoms with E-state index in [4.69, 9.17) is 16.3 Å². The zero-order chi connectivity index (χ0) is 30.9. The fraction of sp³-hybridized carbons (Fsp3) is 0.355. The normalized spacial score (nSPS) is 12.1. The highest BCUT2D eigenvalue weighted by Gasteiger charge is 2.34. The molecule has 8 nitrogen and oxygen atoms in total. The average Bonchev–Trinajstić information content (AvgIpc) is 2.97. The van der Waals surface area contributed by atoms with Gasteiger partial charge < -0.3 is 15.0 Å². The lowest BCUT2D eigenvalue weighted by atomic mass is 10.1. The quantitative estimate of drug-likeness (QED) is 0.220. The summed E-state index contributed by atoms with van der Waals surface area (Å²) in [6, 6.07) is 19.1. The van der Waals surface area contributed by atoms with Gasteiger partial charge in [-0.1, -0.05) is 30.7 Å². The minimum atomic E-state index is -4.17. The van der Waals surface area contributed by atoms with Gasteiger partial charge in [-0.15, -0.1) is 11.8 Å². The number of sulfonamides is 1. The Morgan fingerprint density at radius 2 is 1.57 bits per heavy atom. The molecule has 0 fully saturated rings. The van der Waals surface area contributed by atoms with Gasteiger partial charge in [-0.2, -0.15) is 0 Å². The van der Waals surface area contributed by atoms with E-state index in [1.54, 1.807) is 60.7 Å². The average molecular weight is 632 g/mol. The van der Waals surface area contributed by atoms with Crippen molar-refractivity contribution in [2.75, 3.05) is 23.7 Å². The van der Waals surface area contributed by atoms with Crippen LogP contribution in [-0.4, -0.2) is 56.6 Å². The van der Waals surface area contributed by atoms with Crippen LogP contribution in [0.5, 0.6) is 5.75 Å². The largest absolute Gasteiger partial charge is 0.494 e. The molecule has 0 bridgehead atoms. The highest BCUT2D eigenvalue weighted by molar-refractivity contribution is 7.98. The minimum Gasteiger partial charge on any atom is -0.494 e. The summed E-state index contributed by atoms with van der Waals surface area (Å²) in [4.78, 5) is 29.8. The molecular formula is C31H38ClN3O5S2. The molecule has 0 aliphatic heterocycles. The second-order valence-electron chi connectivity index (χ2n) is 9.85. The molecule has 11 heteroatoms. The summed E-state index contributed by atoms with van der Waals surface area (Å²) in [6.45, 7) is 7.41. The topological polar surface area (TPSA) is 96.0 Å². The van der Waals surface area contributed by atoms with Gasteiger partial charge in [0, 0.05) is 22.5 Å². The van der Waals surface area contributed by atoms with Crippen LogP contribution in [0.2, 0.25) is 5.02 Å². The number of carbonyl (C=O) groups excluding carboxylic acids is 2. The van der Waals surface area contributed by atoms with Crippen LogP contribution in [0.1, 0.15) is 39.7 Å². The van der Waals surface area contributed by atoms with Crippen molar-refractivity contribution in [2.24, 2.45) is 0 Å². The number of carbonyl (C=O) groups is 2. The summed E-state index contributed by atoms with van der Waals surface area (Å²) in [7, 11) is -4.17. The number of ether oxygens (including phenoxy) is 1. The summed E-state index contributed by atoms with van der Waals surface area (Å²) >= 11 is 7.57. The van der Waals surface area contributed by atoms with Gasteiger partial charge in [-0.3, -0.25) is 13.9 Å². The summed E-state index contributed by atoms with van der Waals surface area (Å²) in [5, 5.41) is 3.44. The number of rotatable bonds is 14. The van der Waals surface area contributed by atoms with E-state index in [0.29, 0.717) is 29.5 Å². The van der Waals surface area contributed by atoms with Crippen LogP contribution in [0.4, 0.5) is 5.69 Å². The summed E-state index contributed by atoms with van der Waals surface area (Å²) in [5.74, 6) is -0.248. The Hall–Kier alpha value is -3.21. The van der Waals surface area contributed by atoms with E-state index in [-0.39, 0.29) is 23.4 Å². The molecule has 0 aliphatic carbocycles. The van der Waals surface area contributed by atoms with Crippen LogP contribution in [0.15, 0.2) is 82.6 Å². The molecule has 3 aromatic carbocycles. The molecule has 3 aromatic rings. The highest BCUT2D eigenvalue weighted by atomic mass is 35.5. The molecular weight excluding hydrogens is 594 g/mol. The van der Waals surface area contributed by atoms with Gasteiger partial charge >= 0.3 is 0 Å². The van der Waals surface area contributed by atoms with Crippen molar-refractivity contribution >= 4 is 50.9 Å². The number of nitrogens with zero attached hydrogens (tertiary/aromatic N) is 2. The molecule has 0 heterocycles. The predicted octanol–water partition coefficient (Wildman–Crippen LogP) is 5.99. The van der Waals surface area contributed by atoms with Gasteiger partial charge in [0.2, 0.25) is 11.8 Å². The van der Waals surface area contributed by atoms with Gasteiger partial charge in [0.05, 0.1) is 17.2 Å². The lowest BCUT2D eigenvalue weighted by molar-refractivity contribution is -0.140. The smallest absolute Gasteiger partial charge is 0.264 e. The number of hydrogen-bond donors (Lipinski definition) is 1. The Bertz CT molecular complexity index is 1430. The van der Waals surface area contributed by atoms with Crippen molar-refractivity contribution in [1.29, 1.82) is 0 Å². The number of amides is 2. The molecule has 0 aromatic heterocycles. The first-order chi connectivity index (χ1) is 20.0. The lowest BCUT2D eigenvalue weighted by Gasteiger charge is -2.33. The van der Waals surface area contributed by atoms with Crippen LogP contribution in [0.3, 0.4) is 0 Å². The molecule has 226 valence electrons. The number of nitrogens with one attached hydrogen (secondary N) is 1. The van der Waals surface area contributed by atoms with Crippen molar-refractivity contribution in [3.63, 3.8) is 0 Å². The van der Waals surface area contributed by atoms with E-state index in [0.717, 1.165) is 14.8 Å². The molecule has 0 saturated carbocycles. The highest BCUT2D eigenvalue weighted by Crippen LogP contribution is 2.28. The van der Waals surface area contributed by atoms with Crippen molar-refractivity contribution in [2.45, 2.75) is 62.5 Å². The molecule has 1 atom stereocenters. The maximum Gasteiger partial charge on any atom is 0.264 e. The van der Waals surface area contributed by atoms with E-state index < -0.39 is 28.5 Å². The van der Waals surface area contributed by atoms with Crippen LogP contribution in [0, 0.1) is 0 Å². The van der Waals surface area contributed by atoms with E-state index in [1.165, 1.54) is 28.8 Å². The molecule has 0 saturated heterocycles. The van der Waals surface area contributed by atoms with Crippen LogP contribution in [-0.2, 0) is 26.2 Å². The summed E-state index contributed by atoms with van der Waals surface area (Å²) < 4.78 is 34.7. The first kappa shape index (κ1) is 33.3. The maximum absolute atomic E-state index is 14.1. The van der Waals surface area contributed by atoms with Gasteiger partial charge in [0.1, 0.15) is 18.3 Å². The van der Waals surface area contributed by atoms with Gasteiger partial charge in [-0.05, 0) is 99.7 Å². The molecule has 0 spiro atoms. The fourth-order valence-electron chi connectivity index (χ4n) is 4.37. The third-order valence-electron chi connectivity index (χ3n) is 6.45. The van der Waals surface area contributed by atoms with Crippen LogP contribution >= 0.6 is 23.4 Å². The molecule has 3 rings (SSSR count). The number of thioether (sulfide) groups is 1. The number of halogens is 1. The van der Waals surface area contributed by atoms with Gasteiger partial charge in [-0.25, -0.2) is 8.42 Å². The summed E-state index contributed by atoms with van der Waals surface area (Å²) in [6.07, 6.45) is 2.24. The summed E-state index contributed by atoms with van der Waals surface area (Å²) in [5.41, 5.74) is 1.05. The minimum absolute atomic E-state index is 0.0517. The third kappa shape index (κ3) is 8.65. The Balaban J connectivity index is 2.06. The maximum atomic E-state index is 14.1. The standard InChI is InChI=1S/C31H38ClN3O5S2/c1-6-29(31(37)33-22(3)4)34(20-23-8-10-24(32)11-9-23)30(36)21-35(25-12-14-26(15-13-25)40-7-2)42(38,39)28-18-16-27(41-5)17-19-28/h8-19,22,29H,6-7,20-21H2,1-5H3,(H,33,37). The van der Waals surface area contributed by atoms with Crippen LogP contribution in [0.25, 0.3) is 0 Å². The lowest BCUT2D eigenvalue weighted by Crippen LogP contribution is -2.53. The fourth-order valence-corrected chi connectivity index (χ4v) is 6.31. The SMILES string of the molecule is CCOc1ccc(N(CC(=O)N(Cc2ccc(Cl)cc2)C(CC)C(=O)NC(C)C)S(=O)(=O)c2ccc(SC)cc2)cc1. The molecule has 42 heavy (non-hydrogen) atoms. The van der Waals surface area contributed by atoms with Gasteiger partial charge in [0.25, 0.3) is 10.0 Å². The van der Waals surface area contributed by atoms with Crippen molar-refractivity contribution in [1.82, 2.24) is 10.2 Å². The molecule has 1 N–H and O–H groups in total. The molecule has 1 unspecified atom stereocenters. The van der Waals surface area contributed by atoms with E-state index >= 15 is 0 Å². The first-order valence-corrected chi connectivity index (χ1v) is 16.8. The number of hydrogen-bond acceptors (Lipinski definition) is 6. The second-order valence-corrected chi connectivity index (χ2v) is 13.0. The molecule has 0 aliphatic rings. The molecule has 0 radical (unpaired) electrons. The number of benzene rings is 3. The van der Waals surface area contributed by atoms with E-state index in [9.17, 15) is 18.0 Å². The third-order valence-corrected chi connectivity index (χ3v) is 9.23. The van der Waals surface area contributed by atoms with Crippen molar-refractivity contribution in [3.05, 3.63) is 83.4 Å². The molecule has 2 amide bonds. The Morgan fingerprint density at radius 1 is 0.952 bits per heavy atom.